The third kappa shape index (κ3) is 7.08. The zero-order valence-corrected chi connectivity index (χ0v) is 20.9. The summed E-state index contributed by atoms with van der Waals surface area (Å²) in [6, 6.07) is 23.2. The number of nitrogens with zero attached hydrogens (tertiary/aromatic N) is 2. The summed E-state index contributed by atoms with van der Waals surface area (Å²) >= 11 is 3.37. The average Bonchev–Trinajstić information content (AvgIpc) is 2.81. The molecule has 0 heterocycles. The molecule has 3 rings (SSSR count). The fourth-order valence-corrected chi connectivity index (χ4v) is 4.77. The zero-order chi connectivity index (χ0) is 23.8. The molecule has 0 bridgehead atoms. The molecule has 0 aromatic heterocycles. The number of carbonyl (C=O) groups excluding carboxylic acids is 1. The van der Waals surface area contributed by atoms with Gasteiger partial charge in [0.1, 0.15) is 0 Å². The number of sulfonamides is 1. The van der Waals surface area contributed by atoms with E-state index in [1.807, 2.05) is 48.5 Å². The first-order chi connectivity index (χ1) is 15.8. The van der Waals surface area contributed by atoms with Crippen LogP contribution < -0.4 is 5.43 Å². The summed E-state index contributed by atoms with van der Waals surface area (Å²) in [5.41, 5.74) is 5.25. The first kappa shape index (κ1) is 24.8. The van der Waals surface area contributed by atoms with Gasteiger partial charge in [-0.3, -0.25) is 4.79 Å². The molecular weight excluding hydrogens is 502 g/mol. The fraction of sp³-hybridized carbons (Fsp3) is 0.200. The van der Waals surface area contributed by atoms with Gasteiger partial charge in [-0.25, -0.2) is 13.8 Å². The molecule has 0 atom stereocenters. The van der Waals surface area contributed by atoms with Crippen LogP contribution in [0, 0.1) is 0 Å². The summed E-state index contributed by atoms with van der Waals surface area (Å²) in [6.07, 6.45) is 1.53. The lowest BCUT2D eigenvalue weighted by atomic mass is 10.0. The third-order valence-electron chi connectivity index (χ3n) is 4.98. The summed E-state index contributed by atoms with van der Waals surface area (Å²) in [5, 5.41) is 3.99. The van der Waals surface area contributed by atoms with Gasteiger partial charge in [-0.1, -0.05) is 84.4 Å². The van der Waals surface area contributed by atoms with Crippen molar-refractivity contribution >= 4 is 38.1 Å². The van der Waals surface area contributed by atoms with E-state index in [9.17, 15) is 13.2 Å². The van der Waals surface area contributed by atoms with Crippen LogP contribution in [0.5, 0.6) is 0 Å². The summed E-state index contributed by atoms with van der Waals surface area (Å²) in [7, 11) is -3.89. The van der Waals surface area contributed by atoms with Gasteiger partial charge in [-0.05, 0) is 46.9 Å². The Labute approximate surface area is 203 Å². The number of rotatable bonds is 9. The summed E-state index contributed by atoms with van der Waals surface area (Å²) < 4.78 is 28.5. The van der Waals surface area contributed by atoms with Gasteiger partial charge in [-0.2, -0.15) is 9.41 Å². The molecule has 0 fully saturated rings. The van der Waals surface area contributed by atoms with Crippen molar-refractivity contribution in [3.8, 4) is 0 Å². The smallest absolute Gasteiger partial charge is 0.255 e. The number of hydrogen-bond acceptors (Lipinski definition) is 4. The van der Waals surface area contributed by atoms with E-state index in [0.29, 0.717) is 5.92 Å². The Bertz CT molecular complexity index is 1190. The molecule has 6 nitrogen and oxygen atoms in total. The van der Waals surface area contributed by atoms with Gasteiger partial charge >= 0.3 is 0 Å². The van der Waals surface area contributed by atoms with Crippen molar-refractivity contribution in [2.75, 3.05) is 6.54 Å². The first-order valence-electron chi connectivity index (χ1n) is 10.5. The highest BCUT2D eigenvalue weighted by Crippen LogP contribution is 2.19. The van der Waals surface area contributed by atoms with Crippen molar-refractivity contribution in [3.05, 3.63) is 100 Å². The van der Waals surface area contributed by atoms with Crippen LogP contribution in [0.15, 0.2) is 93.3 Å². The number of hydrogen-bond donors (Lipinski definition) is 1. The summed E-state index contributed by atoms with van der Waals surface area (Å²) in [5.74, 6) is -0.0966. The molecule has 3 aromatic carbocycles. The Morgan fingerprint density at radius 2 is 1.64 bits per heavy atom. The Morgan fingerprint density at radius 1 is 1.00 bits per heavy atom. The van der Waals surface area contributed by atoms with E-state index < -0.39 is 15.9 Å². The number of carbonyl (C=O) groups is 1. The Hall–Kier alpha value is -2.81. The van der Waals surface area contributed by atoms with Crippen LogP contribution in [0.4, 0.5) is 0 Å². The lowest BCUT2D eigenvalue weighted by molar-refractivity contribution is -0.121. The average molecular weight is 528 g/mol. The molecule has 3 aromatic rings. The van der Waals surface area contributed by atoms with Crippen LogP contribution in [0.25, 0.3) is 0 Å². The van der Waals surface area contributed by atoms with E-state index in [-0.39, 0.29) is 18.0 Å². The number of nitrogens with one attached hydrogen (secondary N) is 1. The van der Waals surface area contributed by atoms with E-state index in [0.717, 1.165) is 19.9 Å². The van der Waals surface area contributed by atoms with Crippen molar-refractivity contribution in [2.24, 2.45) is 5.10 Å². The molecule has 33 heavy (non-hydrogen) atoms. The maximum atomic E-state index is 13.2. The maximum Gasteiger partial charge on any atom is 0.255 e. The van der Waals surface area contributed by atoms with Crippen molar-refractivity contribution < 1.29 is 13.2 Å². The Morgan fingerprint density at radius 3 is 2.24 bits per heavy atom. The molecule has 0 radical (unpaired) electrons. The van der Waals surface area contributed by atoms with Crippen molar-refractivity contribution in [1.29, 1.82) is 0 Å². The van der Waals surface area contributed by atoms with Gasteiger partial charge in [0.25, 0.3) is 5.91 Å². The van der Waals surface area contributed by atoms with Crippen molar-refractivity contribution in [1.82, 2.24) is 9.73 Å². The van der Waals surface area contributed by atoms with Gasteiger partial charge in [0.15, 0.2) is 0 Å². The molecule has 8 heteroatoms. The van der Waals surface area contributed by atoms with Crippen LogP contribution in [0.1, 0.15) is 36.5 Å². The van der Waals surface area contributed by atoms with E-state index in [2.05, 4.69) is 40.3 Å². The second-order valence-corrected chi connectivity index (χ2v) is 10.7. The van der Waals surface area contributed by atoms with Gasteiger partial charge < -0.3 is 0 Å². The van der Waals surface area contributed by atoms with E-state index in [1.54, 1.807) is 18.2 Å². The number of hydrazone groups is 1. The minimum Gasteiger partial charge on any atom is -0.272 e. The van der Waals surface area contributed by atoms with Gasteiger partial charge in [0.2, 0.25) is 10.0 Å². The molecular formula is C25H26BrN3O3S. The SMILES string of the molecule is CC(C)c1ccc(/C=N\NC(=O)CN(Cc2ccc(Br)cc2)S(=O)(=O)c2ccccc2)cc1. The van der Waals surface area contributed by atoms with Crippen molar-refractivity contribution in [3.63, 3.8) is 0 Å². The molecule has 0 spiro atoms. The minimum absolute atomic E-state index is 0.0539. The lowest BCUT2D eigenvalue weighted by Crippen LogP contribution is -2.39. The molecule has 0 saturated carbocycles. The second-order valence-electron chi connectivity index (χ2n) is 7.83. The van der Waals surface area contributed by atoms with Crippen LogP contribution in [-0.4, -0.2) is 31.4 Å². The Kier molecular flexibility index (Phi) is 8.55. The molecule has 0 aliphatic heterocycles. The van der Waals surface area contributed by atoms with Crippen LogP contribution >= 0.6 is 15.9 Å². The molecule has 0 aliphatic carbocycles. The molecule has 0 aliphatic rings. The van der Waals surface area contributed by atoms with E-state index in [1.165, 1.54) is 23.9 Å². The quantitative estimate of drug-likeness (QED) is 0.317. The fourth-order valence-electron chi connectivity index (χ4n) is 3.10. The Balaban J connectivity index is 1.73. The highest BCUT2D eigenvalue weighted by molar-refractivity contribution is 9.10. The third-order valence-corrected chi connectivity index (χ3v) is 7.31. The maximum absolute atomic E-state index is 13.2. The summed E-state index contributed by atoms with van der Waals surface area (Å²) in [4.78, 5) is 12.7. The number of halogens is 1. The van der Waals surface area contributed by atoms with Gasteiger partial charge in [-0.15, -0.1) is 0 Å². The van der Waals surface area contributed by atoms with Gasteiger partial charge in [0, 0.05) is 11.0 Å². The predicted octanol–water partition coefficient (Wildman–Crippen LogP) is 4.91. The first-order valence-corrected chi connectivity index (χ1v) is 12.7. The topological polar surface area (TPSA) is 78.8 Å². The molecule has 0 saturated heterocycles. The number of benzene rings is 3. The lowest BCUT2D eigenvalue weighted by Gasteiger charge is -2.21. The van der Waals surface area contributed by atoms with Crippen LogP contribution in [0.2, 0.25) is 0 Å². The zero-order valence-electron chi connectivity index (χ0n) is 18.5. The molecule has 172 valence electrons. The standard InChI is InChI=1S/C25H26BrN3O3S/c1-19(2)22-12-8-20(9-13-22)16-27-28-25(30)18-29(17-21-10-14-23(26)15-11-21)33(31,32)24-6-4-3-5-7-24/h3-16,19H,17-18H2,1-2H3,(H,28,30)/b27-16-. The highest BCUT2D eigenvalue weighted by atomic mass is 79.9. The van der Waals surface area contributed by atoms with Gasteiger partial charge in [0.05, 0.1) is 17.7 Å². The number of amides is 1. The molecule has 1 amide bonds. The predicted molar refractivity (Wildman–Crippen MR) is 134 cm³/mol. The second kappa shape index (κ2) is 11.4. The van der Waals surface area contributed by atoms with Crippen molar-refractivity contribution in [2.45, 2.75) is 31.2 Å². The molecule has 0 unspecified atom stereocenters. The monoisotopic (exact) mass is 527 g/mol. The largest absolute Gasteiger partial charge is 0.272 e. The van der Waals surface area contributed by atoms with Crippen LogP contribution in [-0.2, 0) is 21.4 Å². The highest BCUT2D eigenvalue weighted by Gasteiger charge is 2.26. The molecule has 1 N–H and O–H groups in total. The van der Waals surface area contributed by atoms with E-state index >= 15 is 0 Å². The normalized spacial score (nSPS) is 11.9. The summed E-state index contributed by atoms with van der Waals surface area (Å²) in [6.45, 7) is 3.93. The van der Waals surface area contributed by atoms with Crippen LogP contribution in [0.3, 0.4) is 0 Å². The minimum atomic E-state index is -3.89. The van der Waals surface area contributed by atoms with E-state index in [4.69, 9.17) is 0 Å².